The van der Waals surface area contributed by atoms with Crippen LogP contribution in [-0.2, 0) is 11.2 Å². The van der Waals surface area contributed by atoms with Crippen LogP contribution in [0.4, 0.5) is 0 Å². The van der Waals surface area contributed by atoms with Crippen LogP contribution >= 0.6 is 27.5 Å². The summed E-state index contributed by atoms with van der Waals surface area (Å²) >= 11 is 9.73. The summed E-state index contributed by atoms with van der Waals surface area (Å²) < 4.78 is 0. The molecule has 1 aliphatic heterocycles. The third-order valence-corrected chi connectivity index (χ3v) is 5.99. The number of hydrogen-bond acceptors (Lipinski definition) is 2. The molecule has 0 saturated carbocycles. The van der Waals surface area contributed by atoms with E-state index in [4.69, 9.17) is 11.6 Å². The number of nitrogens with zero attached hydrogens (tertiary/aromatic N) is 1. The van der Waals surface area contributed by atoms with E-state index >= 15 is 0 Å². The molecule has 5 heteroatoms. The van der Waals surface area contributed by atoms with Crippen molar-refractivity contribution in [3.8, 4) is 0 Å². The summed E-state index contributed by atoms with van der Waals surface area (Å²) in [4.78, 5) is 14.8. The van der Waals surface area contributed by atoms with Crippen molar-refractivity contribution in [1.29, 1.82) is 0 Å². The van der Waals surface area contributed by atoms with Crippen LogP contribution in [-0.4, -0.2) is 35.3 Å². The van der Waals surface area contributed by atoms with Crippen LogP contribution in [0.15, 0.2) is 54.6 Å². The largest absolute Gasteiger partial charge is 0.353 e. The highest BCUT2D eigenvalue weighted by molar-refractivity contribution is 9.10. The summed E-state index contributed by atoms with van der Waals surface area (Å²) in [5.74, 6) is 0.00467. The molecule has 2 atom stereocenters. The van der Waals surface area contributed by atoms with E-state index < -0.39 is 0 Å². The van der Waals surface area contributed by atoms with E-state index in [9.17, 15) is 4.79 Å². The Morgan fingerprint density at radius 2 is 1.73 bits per heavy atom. The molecule has 0 aliphatic carbocycles. The van der Waals surface area contributed by atoms with Gasteiger partial charge >= 0.3 is 0 Å². The molecular formula is C21H24BrClN2O. The molecule has 2 aromatic carbocycles. The van der Waals surface area contributed by atoms with E-state index in [1.165, 1.54) is 18.4 Å². The Bertz CT molecular complexity index is 719. The minimum Gasteiger partial charge on any atom is -0.353 e. The predicted octanol–water partition coefficient (Wildman–Crippen LogP) is 4.60. The second-order valence-corrected chi connectivity index (χ2v) is 8.19. The molecule has 3 rings (SSSR count). The van der Waals surface area contributed by atoms with Crippen molar-refractivity contribution >= 4 is 33.4 Å². The molecule has 26 heavy (non-hydrogen) atoms. The lowest BCUT2D eigenvalue weighted by atomic mass is 10.1. The normalized spacial score (nSPS) is 17.0. The van der Waals surface area contributed by atoms with E-state index in [0.29, 0.717) is 18.0 Å². The first kappa shape index (κ1) is 19.4. The number of amides is 1. The monoisotopic (exact) mass is 434 g/mol. The number of halogens is 2. The van der Waals surface area contributed by atoms with E-state index in [1.807, 2.05) is 30.3 Å². The van der Waals surface area contributed by atoms with Crippen LogP contribution in [0.25, 0.3) is 0 Å². The van der Waals surface area contributed by atoms with Gasteiger partial charge in [-0.2, -0.15) is 0 Å². The summed E-state index contributed by atoms with van der Waals surface area (Å²) in [5, 5.41) is 3.83. The molecular weight excluding hydrogens is 412 g/mol. The lowest BCUT2D eigenvalue weighted by molar-refractivity contribution is -0.120. The van der Waals surface area contributed by atoms with Crippen molar-refractivity contribution in [3.05, 3.63) is 70.7 Å². The summed E-state index contributed by atoms with van der Waals surface area (Å²) in [6.07, 6.45) is 3.03. The third kappa shape index (κ3) is 5.09. The van der Waals surface area contributed by atoms with Crippen LogP contribution < -0.4 is 5.32 Å². The number of carbonyl (C=O) groups excluding carboxylic acids is 1. The highest BCUT2D eigenvalue weighted by Crippen LogP contribution is 2.25. The number of alkyl halides is 1. The van der Waals surface area contributed by atoms with E-state index in [2.05, 4.69) is 50.4 Å². The number of rotatable bonds is 7. The molecule has 2 unspecified atom stereocenters. The Hall–Kier alpha value is -1.36. The van der Waals surface area contributed by atoms with Gasteiger partial charge in [0, 0.05) is 11.6 Å². The fraction of sp³-hybridized carbons (Fsp3) is 0.381. The Balaban J connectivity index is 1.61. The first-order valence-electron chi connectivity index (χ1n) is 9.09. The maximum absolute atomic E-state index is 12.6. The summed E-state index contributed by atoms with van der Waals surface area (Å²) in [7, 11) is 0. The van der Waals surface area contributed by atoms with Gasteiger partial charge in [0.25, 0.3) is 0 Å². The minimum absolute atomic E-state index is 0.00467. The highest BCUT2D eigenvalue weighted by atomic mass is 79.9. The van der Waals surface area contributed by atoms with Crippen LogP contribution in [0.2, 0.25) is 5.02 Å². The van der Waals surface area contributed by atoms with Crippen molar-refractivity contribution in [1.82, 2.24) is 10.2 Å². The molecule has 1 aliphatic rings. The predicted molar refractivity (Wildman–Crippen MR) is 111 cm³/mol. The molecule has 138 valence electrons. The number of hydrogen-bond donors (Lipinski definition) is 1. The van der Waals surface area contributed by atoms with Gasteiger partial charge < -0.3 is 5.32 Å². The molecule has 1 fully saturated rings. The molecule has 1 amide bonds. The third-order valence-electron chi connectivity index (χ3n) is 4.88. The SMILES string of the molecule is O=C(NCC(c1ccccc1)N1CCCC1)C(Br)Cc1ccccc1Cl. The van der Waals surface area contributed by atoms with E-state index in [-0.39, 0.29) is 16.8 Å². The summed E-state index contributed by atoms with van der Waals surface area (Å²) in [5.41, 5.74) is 2.23. The first-order chi connectivity index (χ1) is 12.6. The summed E-state index contributed by atoms with van der Waals surface area (Å²) in [6.45, 7) is 2.80. The van der Waals surface area contributed by atoms with Crippen LogP contribution in [0.3, 0.4) is 0 Å². The molecule has 1 heterocycles. The Morgan fingerprint density at radius 1 is 1.08 bits per heavy atom. The fourth-order valence-corrected chi connectivity index (χ4v) is 4.17. The minimum atomic E-state index is -0.294. The molecule has 0 bridgehead atoms. The average Bonchev–Trinajstić information content (AvgIpc) is 3.19. The molecule has 0 aromatic heterocycles. The van der Waals surface area contributed by atoms with Gasteiger partial charge in [-0.1, -0.05) is 76.1 Å². The second kappa shape index (κ2) is 9.54. The number of likely N-dealkylation sites (tertiary alicyclic amines) is 1. The van der Waals surface area contributed by atoms with Crippen molar-refractivity contribution < 1.29 is 4.79 Å². The van der Waals surface area contributed by atoms with Gasteiger partial charge in [0.15, 0.2) is 0 Å². The van der Waals surface area contributed by atoms with Crippen LogP contribution in [0.5, 0.6) is 0 Å². The molecule has 0 spiro atoms. The Morgan fingerprint density at radius 3 is 2.42 bits per heavy atom. The standard InChI is InChI=1S/C21H24BrClN2O/c22-18(14-17-10-4-5-11-19(17)23)21(26)24-15-20(25-12-6-7-13-25)16-8-2-1-3-9-16/h1-5,8-11,18,20H,6-7,12-15H2,(H,24,26). The number of carbonyl (C=O) groups is 1. The molecule has 1 saturated heterocycles. The van der Waals surface area contributed by atoms with Gasteiger partial charge in [0.2, 0.25) is 5.91 Å². The zero-order valence-electron chi connectivity index (χ0n) is 14.7. The zero-order valence-corrected chi connectivity index (χ0v) is 17.0. The van der Waals surface area contributed by atoms with Gasteiger partial charge in [-0.3, -0.25) is 9.69 Å². The van der Waals surface area contributed by atoms with Gasteiger partial charge in [-0.05, 0) is 49.5 Å². The quantitative estimate of drug-likeness (QED) is 0.645. The van der Waals surface area contributed by atoms with Gasteiger partial charge in [-0.25, -0.2) is 0 Å². The van der Waals surface area contributed by atoms with Crippen LogP contribution in [0, 0.1) is 0 Å². The average molecular weight is 436 g/mol. The topological polar surface area (TPSA) is 32.3 Å². The molecule has 3 nitrogen and oxygen atoms in total. The van der Waals surface area contributed by atoms with E-state index in [0.717, 1.165) is 18.7 Å². The van der Waals surface area contributed by atoms with Crippen molar-refractivity contribution in [2.24, 2.45) is 0 Å². The Kier molecular flexibility index (Phi) is 7.12. The molecule has 2 aromatic rings. The lowest BCUT2D eigenvalue weighted by Crippen LogP contribution is -2.40. The lowest BCUT2D eigenvalue weighted by Gasteiger charge is -2.28. The summed E-state index contributed by atoms with van der Waals surface area (Å²) in [6, 6.07) is 18.3. The zero-order chi connectivity index (χ0) is 18.4. The van der Waals surface area contributed by atoms with Crippen molar-refractivity contribution in [3.63, 3.8) is 0 Å². The van der Waals surface area contributed by atoms with Gasteiger partial charge in [-0.15, -0.1) is 0 Å². The highest BCUT2D eigenvalue weighted by Gasteiger charge is 2.25. The first-order valence-corrected chi connectivity index (χ1v) is 10.4. The number of benzene rings is 2. The number of nitrogens with one attached hydrogen (secondary N) is 1. The second-order valence-electron chi connectivity index (χ2n) is 6.68. The fourth-order valence-electron chi connectivity index (χ4n) is 3.44. The van der Waals surface area contributed by atoms with Gasteiger partial charge in [0.05, 0.1) is 10.9 Å². The van der Waals surface area contributed by atoms with Crippen molar-refractivity contribution in [2.75, 3.05) is 19.6 Å². The Labute approximate surface area is 168 Å². The smallest absolute Gasteiger partial charge is 0.234 e. The maximum atomic E-state index is 12.6. The van der Waals surface area contributed by atoms with E-state index in [1.54, 1.807) is 0 Å². The molecule has 1 N–H and O–H groups in total. The molecule has 0 radical (unpaired) electrons. The van der Waals surface area contributed by atoms with Gasteiger partial charge in [0.1, 0.15) is 0 Å². The van der Waals surface area contributed by atoms with Crippen LogP contribution in [0.1, 0.15) is 30.0 Å². The van der Waals surface area contributed by atoms with Crippen molar-refractivity contribution in [2.45, 2.75) is 30.1 Å². The maximum Gasteiger partial charge on any atom is 0.234 e.